The number of aromatic nitrogens is 1. The van der Waals surface area contributed by atoms with Crippen molar-refractivity contribution in [1.29, 1.82) is 0 Å². The van der Waals surface area contributed by atoms with E-state index in [4.69, 9.17) is 14.5 Å². The van der Waals surface area contributed by atoms with E-state index in [0.29, 0.717) is 46.4 Å². The number of nitrogens with zero attached hydrogens (tertiary/aromatic N) is 3. The molecule has 0 spiro atoms. The number of non-ortho nitro benzene ring substituents is 1. The topological polar surface area (TPSA) is 113 Å². The van der Waals surface area contributed by atoms with Gasteiger partial charge in [-0.05, 0) is 97.9 Å². The zero-order chi connectivity index (χ0) is 33.9. The third-order valence-corrected chi connectivity index (χ3v) is 9.57. The molecule has 1 aromatic heterocycles. The van der Waals surface area contributed by atoms with Gasteiger partial charge in [-0.25, -0.2) is 14.2 Å². The number of carbonyl (C=O) groups excluding carboxylic acids is 1. The van der Waals surface area contributed by atoms with Gasteiger partial charge in [0.25, 0.3) is 11.2 Å². The molecule has 1 aliphatic heterocycles. The summed E-state index contributed by atoms with van der Waals surface area (Å²) >= 11 is 8.28. The number of esters is 1. The fourth-order valence-electron chi connectivity index (χ4n) is 5.22. The van der Waals surface area contributed by atoms with Crippen LogP contribution in [-0.4, -0.2) is 22.1 Å². The highest BCUT2D eigenvalue weighted by molar-refractivity contribution is 9.11. The van der Waals surface area contributed by atoms with Gasteiger partial charge in [-0.3, -0.25) is 19.5 Å². The molecule has 0 radical (unpaired) electrons. The van der Waals surface area contributed by atoms with Gasteiger partial charge in [0.2, 0.25) is 0 Å². The molecular weight excluding hydrogens is 769 g/mol. The Kier molecular flexibility index (Phi) is 9.81. The lowest BCUT2D eigenvalue weighted by atomic mass is 9.93. The summed E-state index contributed by atoms with van der Waals surface area (Å²) in [6.45, 7) is 1.98. The second-order valence-corrected chi connectivity index (χ2v) is 13.2. The smallest absolute Gasteiger partial charge is 0.338 e. The van der Waals surface area contributed by atoms with E-state index in [1.165, 1.54) is 40.2 Å². The predicted molar refractivity (Wildman–Crippen MR) is 187 cm³/mol. The van der Waals surface area contributed by atoms with Crippen molar-refractivity contribution in [3.63, 3.8) is 0 Å². The number of nitro groups is 1. The molecule has 0 saturated heterocycles. The molecule has 0 aliphatic carbocycles. The Morgan fingerprint density at radius 1 is 1.04 bits per heavy atom. The normalized spacial score (nSPS) is 14.3. The zero-order valence-electron chi connectivity index (χ0n) is 25.1. The maximum absolute atomic E-state index is 14.1. The Balaban J connectivity index is 1.43. The van der Waals surface area contributed by atoms with Crippen molar-refractivity contribution in [3.8, 4) is 5.75 Å². The molecule has 0 saturated carbocycles. The van der Waals surface area contributed by atoms with Crippen molar-refractivity contribution in [1.82, 2.24) is 4.57 Å². The molecule has 0 amide bonds. The molecule has 4 aromatic carbocycles. The van der Waals surface area contributed by atoms with E-state index >= 15 is 0 Å². The van der Waals surface area contributed by atoms with E-state index in [2.05, 4.69) is 31.9 Å². The van der Waals surface area contributed by atoms with Gasteiger partial charge >= 0.3 is 5.97 Å². The van der Waals surface area contributed by atoms with E-state index in [9.17, 15) is 24.1 Å². The molecule has 5 aromatic rings. The average Bonchev–Trinajstić information content (AvgIpc) is 3.38. The van der Waals surface area contributed by atoms with Gasteiger partial charge in [0.05, 0.1) is 42.3 Å². The lowest BCUT2D eigenvalue weighted by molar-refractivity contribution is -0.384. The summed E-state index contributed by atoms with van der Waals surface area (Å²) in [7, 11) is 0. The Morgan fingerprint density at radius 3 is 2.33 bits per heavy atom. The second kappa shape index (κ2) is 14.2. The highest BCUT2D eigenvalue weighted by Gasteiger charge is 2.35. The van der Waals surface area contributed by atoms with Gasteiger partial charge in [0.15, 0.2) is 4.80 Å². The fourth-order valence-corrected chi connectivity index (χ4v) is 7.67. The summed E-state index contributed by atoms with van der Waals surface area (Å²) in [6, 6.07) is 23.6. The largest absolute Gasteiger partial charge is 0.487 e. The maximum Gasteiger partial charge on any atom is 0.338 e. The Labute approximate surface area is 293 Å². The third-order valence-electron chi connectivity index (χ3n) is 7.41. The SMILES string of the molecule is CCOC(=O)C1=C(c2ccccc2)N=c2s/c(=C\c3cc(Br)c(OCc4ccc([N+](=O)[O-])cc4)c(Br)c3)c(=O)n2[C@H]1c1ccc(F)cc1. The maximum atomic E-state index is 14.1. The Morgan fingerprint density at radius 2 is 1.71 bits per heavy atom. The molecule has 48 heavy (non-hydrogen) atoms. The van der Waals surface area contributed by atoms with E-state index < -0.39 is 22.8 Å². The van der Waals surface area contributed by atoms with Crippen LogP contribution in [0.5, 0.6) is 5.75 Å². The van der Waals surface area contributed by atoms with Crippen LogP contribution in [-0.2, 0) is 16.1 Å². The van der Waals surface area contributed by atoms with Crippen molar-refractivity contribution in [3.05, 3.63) is 163 Å². The summed E-state index contributed by atoms with van der Waals surface area (Å²) < 4.78 is 28.5. The number of hydrogen-bond donors (Lipinski definition) is 0. The predicted octanol–water partition coefficient (Wildman–Crippen LogP) is 7.09. The first-order valence-electron chi connectivity index (χ1n) is 14.5. The van der Waals surface area contributed by atoms with Crippen molar-refractivity contribution in [2.45, 2.75) is 19.6 Å². The molecule has 9 nitrogen and oxygen atoms in total. The first-order chi connectivity index (χ1) is 23.1. The number of carbonyl (C=O) groups is 1. The minimum atomic E-state index is -0.924. The first kappa shape index (κ1) is 33.2. The van der Waals surface area contributed by atoms with Crippen LogP contribution in [0.4, 0.5) is 10.1 Å². The number of halogens is 3. The van der Waals surface area contributed by atoms with E-state index in [1.54, 1.807) is 49.4 Å². The van der Waals surface area contributed by atoms with E-state index in [0.717, 1.165) is 5.56 Å². The van der Waals surface area contributed by atoms with Gasteiger partial charge < -0.3 is 9.47 Å². The van der Waals surface area contributed by atoms with Crippen LogP contribution in [0.3, 0.4) is 0 Å². The Bertz CT molecular complexity index is 2230. The van der Waals surface area contributed by atoms with Crippen molar-refractivity contribution >= 4 is 66.6 Å². The fraction of sp³-hybridized carbons (Fsp3) is 0.114. The Hall–Kier alpha value is -4.72. The number of rotatable bonds is 9. The van der Waals surface area contributed by atoms with Gasteiger partial charge in [0, 0.05) is 17.7 Å². The third kappa shape index (κ3) is 6.80. The molecule has 0 bridgehead atoms. The van der Waals surface area contributed by atoms with Crippen molar-refractivity contribution in [2.24, 2.45) is 4.99 Å². The number of ether oxygens (including phenoxy) is 2. The average molecular weight is 793 g/mol. The monoisotopic (exact) mass is 791 g/mol. The second-order valence-electron chi connectivity index (χ2n) is 10.5. The summed E-state index contributed by atoms with van der Waals surface area (Å²) in [5, 5.41) is 11.0. The number of benzene rings is 4. The van der Waals surface area contributed by atoms with Gasteiger partial charge in [-0.2, -0.15) is 0 Å². The zero-order valence-corrected chi connectivity index (χ0v) is 29.1. The summed E-state index contributed by atoms with van der Waals surface area (Å²) in [4.78, 5) is 43.4. The van der Waals surface area contributed by atoms with E-state index in [-0.39, 0.29) is 30.0 Å². The van der Waals surface area contributed by atoms with Crippen molar-refractivity contribution in [2.75, 3.05) is 6.61 Å². The highest BCUT2D eigenvalue weighted by atomic mass is 79.9. The van der Waals surface area contributed by atoms with Gasteiger partial charge in [-0.15, -0.1) is 0 Å². The standard InChI is InChI=1S/C35H24Br2FN3O6S/c1-2-46-34(43)29-30(22-6-4-3-5-7-22)39-35-40(31(29)23-10-12-24(38)13-11-23)33(42)28(48-35)18-21-16-26(36)32(27(37)17-21)47-19-20-8-14-25(15-9-20)41(44)45/h3-18,31H,2,19H2,1H3/b28-18-/t31-/m0/s1. The molecule has 0 N–H and O–H groups in total. The summed E-state index contributed by atoms with van der Waals surface area (Å²) in [6.07, 6.45) is 1.72. The minimum absolute atomic E-state index is 0.00635. The lowest BCUT2D eigenvalue weighted by Crippen LogP contribution is -2.40. The van der Waals surface area contributed by atoms with Gasteiger partial charge in [-0.1, -0.05) is 53.8 Å². The molecule has 0 fully saturated rings. The van der Waals surface area contributed by atoms with Crippen LogP contribution in [0.15, 0.2) is 115 Å². The van der Waals surface area contributed by atoms with Gasteiger partial charge in [0.1, 0.15) is 18.2 Å². The van der Waals surface area contributed by atoms with Crippen LogP contribution in [0, 0.1) is 15.9 Å². The number of nitro benzene ring substituents is 1. The van der Waals surface area contributed by atoms with Crippen LogP contribution < -0.4 is 19.6 Å². The number of thiazole rings is 1. The summed E-state index contributed by atoms with van der Waals surface area (Å²) in [5.74, 6) is -0.567. The van der Waals surface area contributed by atoms with Crippen LogP contribution in [0.25, 0.3) is 11.8 Å². The van der Waals surface area contributed by atoms with Crippen molar-refractivity contribution < 1.29 is 23.6 Å². The first-order valence-corrected chi connectivity index (χ1v) is 16.9. The molecule has 6 rings (SSSR count). The van der Waals surface area contributed by atoms with Crippen LogP contribution in [0.2, 0.25) is 0 Å². The molecule has 13 heteroatoms. The summed E-state index contributed by atoms with van der Waals surface area (Å²) in [5.41, 5.74) is 2.77. The quantitative estimate of drug-likeness (QED) is 0.0896. The molecule has 2 heterocycles. The lowest BCUT2D eigenvalue weighted by Gasteiger charge is -2.25. The molecule has 1 atom stereocenters. The molecule has 0 unspecified atom stereocenters. The minimum Gasteiger partial charge on any atom is -0.487 e. The molecule has 242 valence electrons. The molecule has 1 aliphatic rings. The number of fused-ring (bicyclic) bond motifs is 1. The number of hydrogen-bond acceptors (Lipinski definition) is 8. The van der Waals surface area contributed by atoms with E-state index in [1.807, 2.05) is 30.3 Å². The van der Waals surface area contributed by atoms with Crippen LogP contribution >= 0.6 is 43.2 Å². The highest BCUT2D eigenvalue weighted by Crippen LogP contribution is 2.37. The van der Waals surface area contributed by atoms with Crippen LogP contribution in [0.1, 0.15) is 35.2 Å². The molecular formula is C35H24Br2FN3O6S.